The third kappa shape index (κ3) is 4.84. The van der Waals surface area contributed by atoms with E-state index in [1.54, 1.807) is 31.4 Å². The Labute approximate surface area is 158 Å². The van der Waals surface area contributed by atoms with E-state index in [0.29, 0.717) is 37.5 Å². The van der Waals surface area contributed by atoms with Crippen LogP contribution in [-0.4, -0.2) is 73.0 Å². The van der Waals surface area contributed by atoms with Crippen LogP contribution >= 0.6 is 0 Å². The van der Waals surface area contributed by atoms with E-state index in [-0.39, 0.29) is 29.8 Å². The molecule has 0 spiro atoms. The molecule has 8 heteroatoms. The fourth-order valence-corrected chi connectivity index (χ4v) is 3.81. The van der Waals surface area contributed by atoms with E-state index in [4.69, 9.17) is 4.74 Å². The standard InChI is InChI=1S/C19H26N4O4/c1-13(24)20-14-3-5-15(6-4-14)21-18(25)12-22-10-17-9-16(22)11-23(17)19(26)7-8-27-2/h3-6,16-17H,7-12H2,1-2H3,(H,20,24)(H,21,25)/t16-,17-/m0/s1. The largest absolute Gasteiger partial charge is 0.384 e. The van der Waals surface area contributed by atoms with Gasteiger partial charge in [0.15, 0.2) is 0 Å². The Morgan fingerprint density at radius 1 is 1.07 bits per heavy atom. The molecule has 0 saturated carbocycles. The fraction of sp³-hybridized carbons (Fsp3) is 0.526. The van der Waals surface area contributed by atoms with Crippen LogP contribution in [0.5, 0.6) is 0 Å². The predicted octanol–water partition coefficient (Wildman–Crippen LogP) is 0.905. The van der Waals surface area contributed by atoms with Crippen LogP contribution in [0.3, 0.4) is 0 Å². The molecule has 0 aliphatic carbocycles. The van der Waals surface area contributed by atoms with Crippen molar-refractivity contribution in [3.63, 3.8) is 0 Å². The number of likely N-dealkylation sites (tertiary alicyclic amines) is 2. The summed E-state index contributed by atoms with van der Waals surface area (Å²) < 4.78 is 4.98. The molecule has 3 rings (SSSR count). The third-order valence-corrected chi connectivity index (χ3v) is 5.03. The number of hydrogen-bond donors (Lipinski definition) is 2. The lowest BCUT2D eigenvalue weighted by Crippen LogP contribution is -2.50. The van der Waals surface area contributed by atoms with Crippen LogP contribution in [0.1, 0.15) is 19.8 Å². The number of piperazine rings is 1. The third-order valence-electron chi connectivity index (χ3n) is 5.03. The fourth-order valence-electron chi connectivity index (χ4n) is 3.81. The van der Waals surface area contributed by atoms with Crippen molar-refractivity contribution >= 4 is 29.1 Å². The Bertz CT molecular complexity index is 706. The Balaban J connectivity index is 1.46. The summed E-state index contributed by atoms with van der Waals surface area (Å²) in [5.41, 5.74) is 1.38. The molecular weight excluding hydrogens is 348 g/mol. The molecule has 1 aromatic rings. The summed E-state index contributed by atoms with van der Waals surface area (Å²) in [5.74, 6) is -0.0783. The molecule has 2 saturated heterocycles. The van der Waals surface area contributed by atoms with Gasteiger partial charge in [-0.05, 0) is 30.7 Å². The lowest BCUT2D eigenvalue weighted by Gasteiger charge is -2.33. The van der Waals surface area contributed by atoms with Gasteiger partial charge >= 0.3 is 0 Å². The summed E-state index contributed by atoms with van der Waals surface area (Å²) in [6.45, 7) is 3.63. The molecule has 2 heterocycles. The van der Waals surface area contributed by atoms with E-state index in [2.05, 4.69) is 15.5 Å². The molecule has 0 radical (unpaired) electrons. The number of ether oxygens (including phenoxy) is 1. The molecule has 3 amide bonds. The number of rotatable bonds is 7. The van der Waals surface area contributed by atoms with Crippen LogP contribution in [0.25, 0.3) is 0 Å². The number of fused-ring (bicyclic) bond motifs is 2. The van der Waals surface area contributed by atoms with E-state index < -0.39 is 0 Å². The van der Waals surface area contributed by atoms with Gasteiger partial charge in [-0.3, -0.25) is 19.3 Å². The molecule has 146 valence electrons. The van der Waals surface area contributed by atoms with Crippen molar-refractivity contribution in [1.29, 1.82) is 0 Å². The zero-order valence-corrected chi connectivity index (χ0v) is 15.7. The van der Waals surface area contributed by atoms with E-state index in [1.807, 2.05) is 4.90 Å². The van der Waals surface area contributed by atoms with E-state index in [1.165, 1.54) is 6.92 Å². The molecule has 1 aromatic carbocycles. The number of carbonyl (C=O) groups excluding carboxylic acids is 3. The lowest BCUT2D eigenvalue weighted by molar-refractivity contribution is -0.134. The van der Waals surface area contributed by atoms with Gasteiger partial charge in [-0.25, -0.2) is 0 Å². The van der Waals surface area contributed by atoms with Crippen molar-refractivity contribution in [3.8, 4) is 0 Å². The lowest BCUT2D eigenvalue weighted by atomic mass is 10.2. The van der Waals surface area contributed by atoms with Crippen LogP contribution < -0.4 is 10.6 Å². The number of anilines is 2. The second-order valence-corrected chi connectivity index (χ2v) is 7.07. The van der Waals surface area contributed by atoms with Gasteiger partial charge in [-0.1, -0.05) is 0 Å². The van der Waals surface area contributed by atoms with Crippen LogP contribution in [0.15, 0.2) is 24.3 Å². The van der Waals surface area contributed by atoms with Crippen molar-refractivity contribution in [2.75, 3.05) is 44.0 Å². The number of amides is 3. The van der Waals surface area contributed by atoms with Crippen molar-refractivity contribution in [1.82, 2.24) is 9.80 Å². The maximum absolute atomic E-state index is 12.3. The van der Waals surface area contributed by atoms with Crippen molar-refractivity contribution in [2.45, 2.75) is 31.8 Å². The van der Waals surface area contributed by atoms with E-state index in [0.717, 1.165) is 13.0 Å². The van der Waals surface area contributed by atoms with Gasteiger partial charge in [0.2, 0.25) is 17.7 Å². The van der Waals surface area contributed by atoms with Crippen LogP contribution in [0.2, 0.25) is 0 Å². The topological polar surface area (TPSA) is 91.0 Å². The van der Waals surface area contributed by atoms with Crippen LogP contribution in [0, 0.1) is 0 Å². The number of nitrogens with one attached hydrogen (secondary N) is 2. The molecule has 2 fully saturated rings. The smallest absolute Gasteiger partial charge is 0.238 e. The SMILES string of the molecule is COCCC(=O)N1C[C@@H]2C[C@H]1CN2CC(=O)Nc1ccc(NC(C)=O)cc1. The summed E-state index contributed by atoms with van der Waals surface area (Å²) in [6.07, 6.45) is 1.34. The summed E-state index contributed by atoms with van der Waals surface area (Å²) in [6, 6.07) is 7.46. The van der Waals surface area contributed by atoms with Gasteiger partial charge in [0, 0.05) is 50.6 Å². The molecule has 2 N–H and O–H groups in total. The predicted molar refractivity (Wildman–Crippen MR) is 101 cm³/mol. The Morgan fingerprint density at radius 2 is 1.74 bits per heavy atom. The summed E-state index contributed by atoms with van der Waals surface area (Å²) in [7, 11) is 1.59. The molecule has 27 heavy (non-hydrogen) atoms. The second-order valence-electron chi connectivity index (χ2n) is 7.07. The number of methoxy groups -OCH3 is 1. The molecular formula is C19H26N4O4. The van der Waals surface area contributed by atoms with E-state index >= 15 is 0 Å². The zero-order valence-electron chi connectivity index (χ0n) is 15.7. The first kappa shape index (κ1) is 19.3. The van der Waals surface area contributed by atoms with Crippen LogP contribution in [0.4, 0.5) is 11.4 Å². The highest BCUT2D eigenvalue weighted by molar-refractivity contribution is 5.93. The van der Waals surface area contributed by atoms with Gasteiger partial charge in [0.1, 0.15) is 0 Å². The highest BCUT2D eigenvalue weighted by Crippen LogP contribution is 2.31. The molecule has 0 aromatic heterocycles. The van der Waals surface area contributed by atoms with Crippen molar-refractivity contribution < 1.29 is 19.1 Å². The van der Waals surface area contributed by atoms with Gasteiger partial charge < -0.3 is 20.3 Å². The average Bonchev–Trinajstić information content (AvgIpc) is 3.21. The molecule has 2 aliphatic rings. The Kier molecular flexibility index (Phi) is 6.08. The molecule has 8 nitrogen and oxygen atoms in total. The first-order chi connectivity index (χ1) is 13.0. The highest BCUT2D eigenvalue weighted by Gasteiger charge is 2.45. The summed E-state index contributed by atoms with van der Waals surface area (Å²) >= 11 is 0. The molecule has 2 bridgehead atoms. The highest BCUT2D eigenvalue weighted by atomic mass is 16.5. The van der Waals surface area contributed by atoms with Crippen LogP contribution in [-0.2, 0) is 19.1 Å². The number of benzene rings is 1. The second kappa shape index (κ2) is 8.49. The monoisotopic (exact) mass is 374 g/mol. The molecule has 0 unspecified atom stereocenters. The normalized spacial score (nSPS) is 21.3. The summed E-state index contributed by atoms with van der Waals surface area (Å²) in [5, 5.41) is 5.57. The molecule has 2 atom stereocenters. The first-order valence-electron chi connectivity index (χ1n) is 9.16. The number of hydrogen-bond acceptors (Lipinski definition) is 5. The van der Waals surface area contributed by atoms with E-state index in [9.17, 15) is 14.4 Å². The maximum atomic E-state index is 12.3. The minimum absolute atomic E-state index is 0.0768. The summed E-state index contributed by atoms with van der Waals surface area (Å²) in [4.78, 5) is 39.6. The Hall–Kier alpha value is -2.45. The van der Waals surface area contributed by atoms with Crippen molar-refractivity contribution in [3.05, 3.63) is 24.3 Å². The Morgan fingerprint density at radius 3 is 2.30 bits per heavy atom. The number of carbonyl (C=O) groups is 3. The quantitative estimate of drug-likeness (QED) is 0.740. The van der Waals surface area contributed by atoms with Crippen molar-refractivity contribution in [2.24, 2.45) is 0 Å². The average molecular weight is 374 g/mol. The maximum Gasteiger partial charge on any atom is 0.238 e. The number of nitrogens with zero attached hydrogens (tertiary/aromatic N) is 2. The minimum Gasteiger partial charge on any atom is -0.384 e. The van der Waals surface area contributed by atoms with Gasteiger partial charge in [-0.15, -0.1) is 0 Å². The zero-order chi connectivity index (χ0) is 19.4. The molecule has 2 aliphatic heterocycles. The van der Waals surface area contributed by atoms with Gasteiger partial charge in [0.05, 0.1) is 19.6 Å². The minimum atomic E-state index is -0.134. The first-order valence-corrected chi connectivity index (χ1v) is 9.16. The van der Waals surface area contributed by atoms with Gasteiger partial charge in [0.25, 0.3) is 0 Å². The van der Waals surface area contributed by atoms with Gasteiger partial charge in [-0.2, -0.15) is 0 Å².